The van der Waals surface area contributed by atoms with Gasteiger partial charge >= 0.3 is 12.0 Å². The number of nitrogens with one attached hydrogen (secondary N) is 2. The highest BCUT2D eigenvalue weighted by atomic mass is 16.4. The molecule has 0 radical (unpaired) electrons. The molecule has 0 aromatic heterocycles. The monoisotopic (exact) mass is 297 g/mol. The fourth-order valence-electron chi connectivity index (χ4n) is 3.11. The minimum absolute atomic E-state index is 0.00981. The van der Waals surface area contributed by atoms with Gasteiger partial charge in [-0.15, -0.1) is 0 Å². The lowest BCUT2D eigenvalue weighted by molar-refractivity contribution is -0.142. The number of hydrogen-bond donors (Lipinski definition) is 3. The van der Waals surface area contributed by atoms with Gasteiger partial charge in [0.05, 0.1) is 5.92 Å². The van der Waals surface area contributed by atoms with Crippen molar-refractivity contribution in [3.05, 3.63) is 0 Å². The summed E-state index contributed by atoms with van der Waals surface area (Å²) in [5, 5.41) is 14.7. The van der Waals surface area contributed by atoms with Gasteiger partial charge in [-0.1, -0.05) is 6.92 Å². The molecule has 3 amide bonds. The van der Waals surface area contributed by atoms with Crippen molar-refractivity contribution in [1.29, 1.82) is 0 Å². The van der Waals surface area contributed by atoms with E-state index in [4.69, 9.17) is 5.11 Å². The highest BCUT2D eigenvalue weighted by Gasteiger charge is 2.33. The van der Waals surface area contributed by atoms with E-state index in [9.17, 15) is 14.4 Å². The van der Waals surface area contributed by atoms with Gasteiger partial charge in [0.25, 0.3) is 0 Å². The molecule has 1 unspecified atom stereocenters. The lowest BCUT2D eigenvalue weighted by atomic mass is 9.86. The molecule has 7 heteroatoms. The number of rotatable bonds is 3. The summed E-state index contributed by atoms with van der Waals surface area (Å²) in [4.78, 5) is 36.6. The number of carbonyl (C=O) groups is 3. The van der Waals surface area contributed by atoms with Crippen LogP contribution in [0.15, 0.2) is 0 Å². The average Bonchev–Trinajstić information content (AvgIpc) is 2.47. The van der Waals surface area contributed by atoms with E-state index in [2.05, 4.69) is 10.6 Å². The van der Waals surface area contributed by atoms with Crippen LogP contribution in [0.1, 0.15) is 39.0 Å². The zero-order valence-electron chi connectivity index (χ0n) is 12.3. The van der Waals surface area contributed by atoms with Crippen LogP contribution in [-0.4, -0.2) is 53.1 Å². The maximum absolute atomic E-state index is 12.3. The Morgan fingerprint density at radius 1 is 1.33 bits per heavy atom. The summed E-state index contributed by atoms with van der Waals surface area (Å²) in [5.74, 6) is -1.14. The van der Waals surface area contributed by atoms with E-state index in [1.165, 1.54) is 0 Å². The molecule has 1 heterocycles. The molecule has 3 N–H and O–H groups in total. The number of nitrogens with zero attached hydrogens (tertiary/aromatic N) is 1. The molecule has 1 aliphatic carbocycles. The number of carbonyl (C=O) groups excluding carboxylic acids is 2. The third-order valence-corrected chi connectivity index (χ3v) is 4.38. The van der Waals surface area contributed by atoms with Crippen molar-refractivity contribution in [2.24, 2.45) is 5.92 Å². The molecule has 1 saturated carbocycles. The normalized spacial score (nSPS) is 29.7. The Morgan fingerprint density at radius 3 is 2.57 bits per heavy atom. The molecule has 21 heavy (non-hydrogen) atoms. The van der Waals surface area contributed by atoms with Gasteiger partial charge in [-0.05, 0) is 32.1 Å². The van der Waals surface area contributed by atoms with Crippen LogP contribution in [0.3, 0.4) is 0 Å². The molecule has 7 nitrogen and oxygen atoms in total. The van der Waals surface area contributed by atoms with E-state index in [1.807, 2.05) is 6.92 Å². The zero-order valence-corrected chi connectivity index (χ0v) is 12.3. The minimum atomic E-state index is -0.751. The fraction of sp³-hybridized carbons (Fsp3) is 0.786. The number of aliphatic carboxylic acids is 1. The third kappa shape index (κ3) is 3.65. The van der Waals surface area contributed by atoms with Gasteiger partial charge in [0.2, 0.25) is 5.91 Å². The SMILES string of the molecule is CCC1C(=O)NCCN1C(=O)NC1CCC(C(=O)O)CC1. The number of hydrogen-bond acceptors (Lipinski definition) is 3. The van der Waals surface area contributed by atoms with Crippen molar-refractivity contribution in [3.8, 4) is 0 Å². The largest absolute Gasteiger partial charge is 0.481 e. The quantitative estimate of drug-likeness (QED) is 0.708. The van der Waals surface area contributed by atoms with E-state index in [0.29, 0.717) is 45.2 Å². The number of amides is 3. The van der Waals surface area contributed by atoms with Gasteiger partial charge in [-0.3, -0.25) is 9.59 Å². The molecule has 1 saturated heterocycles. The lowest BCUT2D eigenvalue weighted by Gasteiger charge is -2.36. The second-order valence-corrected chi connectivity index (χ2v) is 5.74. The third-order valence-electron chi connectivity index (χ3n) is 4.38. The summed E-state index contributed by atoms with van der Waals surface area (Å²) >= 11 is 0. The molecule has 0 bridgehead atoms. The van der Waals surface area contributed by atoms with E-state index >= 15 is 0 Å². The molecule has 2 rings (SSSR count). The van der Waals surface area contributed by atoms with Crippen LogP contribution in [-0.2, 0) is 9.59 Å². The predicted molar refractivity (Wildman–Crippen MR) is 75.7 cm³/mol. The first-order valence-corrected chi connectivity index (χ1v) is 7.60. The number of urea groups is 1. The van der Waals surface area contributed by atoms with Gasteiger partial charge in [-0.2, -0.15) is 0 Å². The second-order valence-electron chi connectivity index (χ2n) is 5.74. The molecule has 0 spiro atoms. The minimum Gasteiger partial charge on any atom is -0.481 e. The van der Waals surface area contributed by atoms with Gasteiger partial charge in [0, 0.05) is 19.1 Å². The van der Waals surface area contributed by atoms with Gasteiger partial charge in [-0.25, -0.2) is 4.79 Å². The van der Waals surface area contributed by atoms with Crippen LogP contribution >= 0.6 is 0 Å². The smallest absolute Gasteiger partial charge is 0.318 e. The first-order chi connectivity index (χ1) is 10.0. The van der Waals surface area contributed by atoms with Crippen LogP contribution in [0.25, 0.3) is 0 Å². The number of carboxylic acid groups (broad SMARTS) is 1. The van der Waals surface area contributed by atoms with Crippen LogP contribution in [0.5, 0.6) is 0 Å². The van der Waals surface area contributed by atoms with Gasteiger partial charge < -0.3 is 20.6 Å². The van der Waals surface area contributed by atoms with Crippen LogP contribution in [0.2, 0.25) is 0 Å². The summed E-state index contributed by atoms with van der Waals surface area (Å²) in [6, 6.07) is -0.611. The molecule has 0 aromatic rings. The van der Waals surface area contributed by atoms with Crippen molar-refractivity contribution >= 4 is 17.9 Å². The highest BCUT2D eigenvalue weighted by molar-refractivity contribution is 5.88. The Labute approximate surface area is 124 Å². The Hall–Kier alpha value is -1.79. The predicted octanol–water partition coefficient (Wildman–Crippen LogP) is 0.550. The maximum Gasteiger partial charge on any atom is 0.318 e. The first kappa shape index (κ1) is 15.6. The van der Waals surface area contributed by atoms with E-state index in [-0.39, 0.29) is 23.9 Å². The summed E-state index contributed by atoms with van der Waals surface area (Å²) in [7, 11) is 0. The second kappa shape index (κ2) is 6.78. The van der Waals surface area contributed by atoms with E-state index in [0.717, 1.165) is 0 Å². The molecule has 1 aliphatic heterocycles. The molecular formula is C14H23N3O4. The summed E-state index contributed by atoms with van der Waals surface area (Å²) in [5.41, 5.74) is 0. The number of piperazine rings is 1. The summed E-state index contributed by atoms with van der Waals surface area (Å²) < 4.78 is 0. The molecule has 0 aromatic carbocycles. The molecular weight excluding hydrogens is 274 g/mol. The summed E-state index contributed by atoms with van der Waals surface area (Å²) in [6.07, 6.45) is 3.14. The first-order valence-electron chi connectivity index (χ1n) is 7.60. The Morgan fingerprint density at radius 2 is 2.00 bits per heavy atom. The van der Waals surface area contributed by atoms with Crippen LogP contribution in [0.4, 0.5) is 4.79 Å². The Balaban J connectivity index is 1.87. The van der Waals surface area contributed by atoms with Gasteiger partial charge in [0.15, 0.2) is 0 Å². The van der Waals surface area contributed by atoms with Crippen molar-refractivity contribution in [1.82, 2.24) is 15.5 Å². The topological polar surface area (TPSA) is 98.7 Å². The Kier molecular flexibility index (Phi) is 5.03. The Bertz CT molecular complexity index is 418. The van der Waals surface area contributed by atoms with Crippen molar-refractivity contribution in [2.45, 2.75) is 51.1 Å². The average molecular weight is 297 g/mol. The molecule has 1 atom stereocenters. The van der Waals surface area contributed by atoms with Crippen molar-refractivity contribution < 1.29 is 19.5 Å². The van der Waals surface area contributed by atoms with E-state index < -0.39 is 12.0 Å². The summed E-state index contributed by atoms with van der Waals surface area (Å²) in [6.45, 7) is 2.88. The van der Waals surface area contributed by atoms with Crippen molar-refractivity contribution in [3.63, 3.8) is 0 Å². The fourth-order valence-corrected chi connectivity index (χ4v) is 3.11. The van der Waals surface area contributed by atoms with E-state index in [1.54, 1.807) is 4.90 Å². The van der Waals surface area contributed by atoms with Crippen LogP contribution < -0.4 is 10.6 Å². The number of carboxylic acids is 1. The zero-order chi connectivity index (χ0) is 15.4. The van der Waals surface area contributed by atoms with Crippen molar-refractivity contribution in [2.75, 3.05) is 13.1 Å². The molecule has 2 aliphatic rings. The highest BCUT2D eigenvalue weighted by Crippen LogP contribution is 2.24. The molecule has 2 fully saturated rings. The van der Waals surface area contributed by atoms with Crippen LogP contribution in [0, 0.1) is 5.92 Å². The molecule has 118 valence electrons. The lowest BCUT2D eigenvalue weighted by Crippen LogP contribution is -2.60. The van der Waals surface area contributed by atoms with Gasteiger partial charge in [0.1, 0.15) is 6.04 Å². The maximum atomic E-state index is 12.3. The standard InChI is InChI=1S/C14H23N3O4/c1-2-11-12(18)15-7-8-17(11)14(21)16-10-5-3-9(4-6-10)13(19)20/h9-11H,2-8H2,1H3,(H,15,18)(H,16,21)(H,19,20).